The van der Waals surface area contributed by atoms with E-state index in [4.69, 9.17) is 14.2 Å². The molecule has 0 atom stereocenters. The van der Waals surface area contributed by atoms with E-state index < -0.39 is 0 Å². The summed E-state index contributed by atoms with van der Waals surface area (Å²) in [6.07, 6.45) is 3.99. The van der Waals surface area contributed by atoms with Gasteiger partial charge in [0.25, 0.3) is 5.91 Å². The number of carbonyl (C=O) groups excluding carboxylic acids is 1. The van der Waals surface area contributed by atoms with Crippen molar-refractivity contribution in [3.63, 3.8) is 0 Å². The fourth-order valence-electron chi connectivity index (χ4n) is 3.68. The molecule has 1 aliphatic rings. The summed E-state index contributed by atoms with van der Waals surface area (Å²) in [6, 6.07) is 22.8. The molecule has 0 radical (unpaired) electrons. The molecule has 0 bridgehead atoms. The molecule has 5 rings (SSSR count). The van der Waals surface area contributed by atoms with E-state index in [1.165, 1.54) is 11.3 Å². The number of nitrogens with zero attached hydrogens (tertiary/aromatic N) is 2. The summed E-state index contributed by atoms with van der Waals surface area (Å²) < 4.78 is 17.2. The lowest BCUT2D eigenvalue weighted by Gasteiger charge is -2.25. The van der Waals surface area contributed by atoms with E-state index in [1.54, 1.807) is 34.7 Å². The zero-order chi connectivity index (χ0) is 23.9. The maximum atomic E-state index is 13.6. The highest BCUT2D eigenvalue weighted by Crippen LogP contribution is 2.34. The first-order valence-electron chi connectivity index (χ1n) is 11.3. The third-order valence-electron chi connectivity index (χ3n) is 5.45. The van der Waals surface area contributed by atoms with Crippen LogP contribution < -0.4 is 19.1 Å². The number of benzene rings is 3. The Kier molecular flexibility index (Phi) is 7.05. The number of anilines is 1. The largest absolute Gasteiger partial charge is 0.487 e. The van der Waals surface area contributed by atoms with E-state index in [0.29, 0.717) is 49.2 Å². The summed E-state index contributed by atoms with van der Waals surface area (Å²) in [5.74, 6) is 1.90. The molecule has 4 aromatic rings. The molecular weight excluding hydrogens is 460 g/mol. The van der Waals surface area contributed by atoms with Crippen molar-refractivity contribution in [1.29, 1.82) is 0 Å². The van der Waals surface area contributed by atoms with Gasteiger partial charge in [-0.15, -0.1) is 11.3 Å². The second kappa shape index (κ2) is 10.9. The summed E-state index contributed by atoms with van der Waals surface area (Å²) in [5, 5.41) is 1.95. The molecule has 7 heteroatoms. The highest BCUT2D eigenvalue weighted by Gasteiger charge is 2.20. The van der Waals surface area contributed by atoms with Crippen LogP contribution in [-0.4, -0.2) is 30.6 Å². The van der Waals surface area contributed by atoms with Gasteiger partial charge < -0.3 is 19.1 Å². The second-order valence-corrected chi connectivity index (χ2v) is 8.57. The summed E-state index contributed by atoms with van der Waals surface area (Å²) in [4.78, 5) is 19.5. The zero-order valence-electron chi connectivity index (χ0n) is 19.0. The molecule has 1 aliphatic heterocycles. The number of amides is 1. The fraction of sp³-hybridized carbons (Fsp3) is 0.143. The standard InChI is InChI=1S/C28H24N2O4S/c31-28(22-8-11-25(12-9-22)34-18-23-19-35-20-29-23)30(14-4-7-21-5-2-1-3-6-21)24-10-13-26-27(17-24)33-16-15-32-26/h1-13,17,19-20H,14-16,18H2/b7-4+. The third kappa shape index (κ3) is 5.70. The fourth-order valence-corrected chi connectivity index (χ4v) is 4.22. The second-order valence-electron chi connectivity index (χ2n) is 7.85. The van der Waals surface area contributed by atoms with Crippen LogP contribution in [-0.2, 0) is 6.61 Å². The van der Waals surface area contributed by atoms with E-state index >= 15 is 0 Å². The number of carbonyl (C=O) groups is 1. The molecule has 176 valence electrons. The predicted octanol–water partition coefficient (Wildman–Crippen LogP) is 5.85. The van der Waals surface area contributed by atoms with Gasteiger partial charge in [0.1, 0.15) is 25.6 Å². The van der Waals surface area contributed by atoms with Gasteiger partial charge in [0.05, 0.1) is 11.2 Å². The minimum absolute atomic E-state index is 0.120. The first-order valence-corrected chi connectivity index (χ1v) is 12.2. The average molecular weight is 485 g/mol. The van der Waals surface area contributed by atoms with Crippen LogP contribution in [0.4, 0.5) is 5.69 Å². The van der Waals surface area contributed by atoms with Crippen molar-refractivity contribution < 1.29 is 19.0 Å². The smallest absolute Gasteiger partial charge is 0.258 e. The lowest BCUT2D eigenvalue weighted by Crippen LogP contribution is -2.31. The number of thiazole rings is 1. The Balaban J connectivity index is 1.36. The van der Waals surface area contributed by atoms with E-state index in [2.05, 4.69) is 4.98 Å². The first-order chi connectivity index (χ1) is 17.3. The summed E-state index contributed by atoms with van der Waals surface area (Å²) in [7, 11) is 0. The van der Waals surface area contributed by atoms with Gasteiger partial charge in [-0.2, -0.15) is 0 Å². The Hall–Kier alpha value is -4.10. The van der Waals surface area contributed by atoms with Gasteiger partial charge in [0, 0.05) is 29.2 Å². The Bertz CT molecular complexity index is 1290. The van der Waals surface area contributed by atoms with Crippen molar-refractivity contribution in [1.82, 2.24) is 4.98 Å². The molecule has 35 heavy (non-hydrogen) atoms. The molecule has 0 fully saturated rings. The van der Waals surface area contributed by atoms with Gasteiger partial charge in [0.15, 0.2) is 11.5 Å². The number of hydrogen-bond donors (Lipinski definition) is 0. The number of fused-ring (bicyclic) bond motifs is 1. The molecule has 0 unspecified atom stereocenters. The van der Waals surface area contributed by atoms with Crippen LogP contribution in [0.3, 0.4) is 0 Å². The number of aromatic nitrogens is 1. The van der Waals surface area contributed by atoms with Gasteiger partial charge in [0.2, 0.25) is 0 Å². The van der Waals surface area contributed by atoms with E-state index in [1.807, 2.05) is 66.1 Å². The molecule has 0 saturated carbocycles. The molecule has 0 saturated heterocycles. The van der Waals surface area contributed by atoms with Crippen LogP contribution in [0.25, 0.3) is 6.08 Å². The molecule has 1 amide bonds. The predicted molar refractivity (Wildman–Crippen MR) is 137 cm³/mol. The number of rotatable bonds is 8. The van der Waals surface area contributed by atoms with Crippen molar-refractivity contribution in [3.8, 4) is 17.2 Å². The Morgan fingerprint density at radius 2 is 1.80 bits per heavy atom. The SMILES string of the molecule is O=C(c1ccc(OCc2cscn2)cc1)N(C/C=C/c1ccccc1)c1ccc2c(c1)OCCO2. The van der Waals surface area contributed by atoms with Gasteiger partial charge >= 0.3 is 0 Å². The van der Waals surface area contributed by atoms with Crippen molar-refractivity contribution in [2.24, 2.45) is 0 Å². The summed E-state index contributed by atoms with van der Waals surface area (Å²) >= 11 is 1.53. The molecule has 1 aromatic heterocycles. The molecule has 0 spiro atoms. The highest BCUT2D eigenvalue weighted by molar-refractivity contribution is 7.07. The van der Waals surface area contributed by atoms with Crippen LogP contribution in [0.15, 0.2) is 89.8 Å². The van der Waals surface area contributed by atoms with Gasteiger partial charge in [-0.3, -0.25) is 4.79 Å². The van der Waals surface area contributed by atoms with Gasteiger partial charge in [-0.25, -0.2) is 4.98 Å². The van der Waals surface area contributed by atoms with Crippen molar-refractivity contribution in [2.45, 2.75) is 6.61 Å². The van der Waals surface area contributed by atoms with Crippen LogP contribution in [0.2, 0.25) is 0 Å². The molecule has 0 aliphatic carbocycles. The topological polar surface area (TPSA) is 60.9 Å². The van der Waals surface area contributed by atoms with Crippen LogP contribution >= 0.6 is 11.3 Å². The average Bonchev–Trinajstić information content (AvgIpc) is 3.44. The molecule has 6 nitrogen and oxygen atoms in total. The molecule has 0 N–H and O–H groups in total. The minimum Gasteiger partial charge on any atom is -0.487 e. The quantitative estimate of drug-likeness (QED) is 0.314. The zero-order valence-corrected chi connectivity index (χ0v) is 19.8. The van der Waals surface area contributed by atoms with Crippen LogP contribution in [0.5, 0.6) is 17.2 Å². The number of hydrogen-bond acceptors (Lipinski definition) is 6. The van der Waals surface area contributed by atoms with Gasteiger partial charge in [-0.1, -0.05) is 42.5 Å². The Morgan fingerprint density at radius 1 is 1.00 bits per heavy atom. The maximum Gasteiger partial charge on any atom is 0.258 e. The van der Waals surface area contributed by atoms with Crippen molar-refractivity contribution in [2.75, 3.05) is 24.7 Å². The van der Waals surface area contributed by atoms with Crippen molar-refractivity contribution >= 4 is 29.0 Å². The Labute approximate surface area is 208 Å². The third-order valence-corrected chi connectivity index (χ3v) is 6.09. The van der Waals surface area contributed by atoms with E-state index in [-0.39, 0.29) is 5.91 Å². The maximum absolute atomic E-state index is 13.6. The summed E-state index contributed by atoms with van der Waals surface area (Å²) in [5.41, 5.74) is 5.03. The van der Waals surface area contributed by atoms with Crippen LogP contribution in [0.1, 0.15) is 21.6 Å². The van der Waals surface area contributed by atoms with E-state index in [0.717, 1.165) is 16.9 Å². The van der Waals surface area contributed by atoms with Crippen LogP contribution in [0, 0.1) is 0 Å². The normalized spacial score (nSPS) is 12.5. The molecule has 3 aromatic carbocycles. The number of ether oxygens (including phenoxy) is 3. The van der Waals surface area contributed by atoms with E-state index in [9.17, 15) is 4.79 Å². The highest BCUT2D eigenvalue weighted by atomic mass is 32.1. The van der Waals surface area contributed by atoms with Gasteiger partial charge in [-0.05, 0) is 42.0 Å². The molecular formula is C28H24N2O4S. The minimum atomic E-state index is -0.120. The molecule has 2 heterocycles. The first kappa shape index (κ1) is 22.7. The lowest BCUT2D eigenvalue weighted by molar-refractivity contribution is 0.0989. The summed E-state index contributed by atoms with van der Waals surface area (Å²) in [6.45, 7) is 1.80. The Morgan fingerprint density at radius 3 is 2.57 bits per heavy atom. The van der Waals surface area contributed by atoms with Crippen molar-refractivity contribution in [3.05, 3.63) is 107 Å². The monoisotopic (exact) mass is 484 g/mol. The lowest BCUT2D eigenvalue weighted by atomic mass is 10.1.